The van der Waals surface area contributed by atoms with Crippen molar-refractivity contribution in [3.8, 4) is 0 Å². The molecule has 0 radical (unpaired) electrons. The van der Waals surface area contributed by atoms with Crippen molar-refractivity contribution in [3.63, 3.8) is 0 Å². The van der Waals surface area contributed by atoms with Gasteiger partial charge in [-0.1, -0.05) is 29.8 Å². The average molecular weight is 323 g/mol. The van der Waals surface area contributed by atoms with E-state index < -0.39 is 14.6 Å². The third kappa shape index (κ3) is 2.70. The summed E-state index contributed by atoms with van der Waals surface area (Å²) in [6.45, 7) is 7.41. The number of benzene rings is 1. The van der Waals surface area contributed by atoms with E-state index in [4.69, 9.17) is 4.74 Å². The lowest BCUT2D eigenvalue weighted by atomic mass is 9.83. The Morgan fingerprint density at radius 1 is 1.36 bits per heavy atom. The quantitative estimate of drug-likeness (QED) is 0.832. The monoisotopic (exact) mass is 323 g/mol. The van der Waals surface area contributed by atoms with E-state index >= 15 is 0 Å². The maximum atomic E-state index is 12.5. The van der Waals surface area contributed by atoms with Gasteiger partial charge in [0, 0.05) is 32.2 Å². The molecule has 2 aliphatic heterocycles. The highest BCUT2D eigenvalue weighted by Gasteiger charge is 2.61. The molecular formula is C17H25NO3S. The summed E-state index contributed by atoms with van der Waals surface area (Å²) in [5.74, 6) is 0.481. The van der Waals surface area contributed by atoms with Gasteiger partial charge in [0.2, 0.25) is 0 Å². The molecule has 2 saturated heterocycles. The van der Waals surface area contributed by atoms with Crippen LogP contribution in [0.3, 0.4) is 0 Å². The summed E-state index contributed by atoms with van der Waals surface area (Å²) in [6.07, 6.45) is 0.751. The molecule has 5 heteroatoms. The van der Waals surface area contributed by atoms with Gasteiger partial charge in [0.05, 0.1) is 12.4 Å². The van der Waals surface area contributed by atoms with Crippen LogP contribution in [0.4, 0.5) is 0 Å². The van der Waals surface area contributed by atoms with E-state index in [1.807, 2.05) is 6.92 Å². The molecule has 2 fully saturated rings. The first-order chi connectivity index (χ1) is 10.5. The minimum absolute atomic E-state index is 0.159. The average Bonchev–Trinajstić information content (AvgIpc) is 2.68. The Bertz CT molecular complexity index is 635. The molecule has 0 aromatic heterocycles. The molecule has 0 saturated carbocycles. The highest BCUT2D eigenvalue weighted by molar-refractivity contribution is 7.93. The van der Waals surface area contributed by atoms with Gasteiger partial charge in [0.1, 0.15) is 4.75 Å². The number of nitrogens with zero attached hydrogens (tertiary/aromatic N) is 1. The Labute approximate surface area is 133 Å². The molecule has 1 spiro atoms. The standard InChI is InChI=1S/C17H25NO3S/c1-3-21-11-16-7-8-22(19,20)17(16)12-18(13-17)10-15-6-4-5-14(2)9-15/h4-6,9,16H,3,7-8,10-13H2,1-2H3/t16-/m1/s1. The Hall–Kier alpha value is -0.910. The Balaban J connectivity index is 1.68. The molecule has 0 bridgehead atoms. The zero-order valence-corrected chi connectivity index (χ0v) is 14.2. The maximum Gasteiger partial charge on any atom is 0.158 e. The molecule has 122 valence electrons. The van der Waals surface area contributed by atoms with Crippen molar-refractivity contribution in [1.29, 1.82) is 0 Å². The minimum atomic E-state index is -2.98. The topological polar surface area (TPSA) is 46.6 Å². The number of rotatable bonds is 5. The summed E-state index contributed by atoms with van der Waals surface area (Å²) in [5.41, 5.74) is 2.50. The minimum Gasteiger partial charge on any atom is -0.381 e. The maximum absolute atomic E-state index is 12.5. The van der Waals surface area contributed by atoms with Crippen LogP contribution in [-0.4, -0.2) is 50.1 Å². The molecule has 1 atom stereocenters. The Morgan fingerprint density at radius 3 is 2.82 bits per heavy atom. The van der Waals surface area contributed by atoms with Crippen LogP contribution < -0.4 is 0 Å². The van der Waals surface area contributed by atoms with Gasteiger partial charge in [-0.3, -0.25) is 4.90 Å². The van der Waals surface area contributed by atoms with E-state index in [-0.39, 0.29) is 5.92 Å². The molecule has 4 nitrogen and oxygen atoms in total. The van der Waals surface area contributed by atoms with Gasteiger partial charge < -0.3 is 4.74 Å². The molecule has 2 aliphatic rings. The highest BCUT2D eigenvalue weighted by Crippen LogP contribution is 2.45. The Kier molecular flexibility index (Phi) is 4.32. The van der Waals surface area contributed by atoms with Gasteiger partial charge in [-0.2, -0.15) is 0 Å². The highest BCUT2D eigenvalue weighted by atomic mass is 32.2. The second-order valence-corrected chi connectivity index (χ2v) is 9.11. The van der Waals surface area contributed by atoms with Crippen LogP contribution in [0, 0.1) is 12.8 Å². The van der Waals surface area contributed by atoms with E-state index in [2.05, 4.69) is 36.1 Å². The largest absolute Gasteiger partial charge is 0.381 e. The number of aryl methyl sites for hydroxylation is 1. The first-order valence-electron chi connectivity index (χ1n) is 8.05. The van der Waals surface area contributed by atoms with Crippen molar-refractivity contribution < 1.29 is 13.2 Å². The second kappa shape index (κ2) is 5.95. The van der Waals surface area contributed by atoms with Gasteiger partial charge in [-0.15, -0.1) is 0 Å². The van der Waals surface area contributed by atoms with Crippen molar-refractivity contribution in [2.24, 2.45) is 5.92 Å². The van der Waals surface area contributed by atoms with Crippen molar-refractivity contribution in [1.82, 2.24) is 4.90 Å². The molecule has 0 amide bonds. The molecule has 1 aromatic carbocycles. The van der Waals surface area contributed by atoms with Crippen LogP contribution in [0.15, 0.2) is 24.3 Å². The van der Waals surface area contributed by atoms with Crippen molar-refractivity contribution >= 4 is 9.84 Å². The predicted molar refractivity (Wildman–Crippen MR) is 87.6 cm³/mol. The third-order valence-corrected chi connectivity index (χ3v) is 7.70. The lowest BCUT2D eigenvalue weighted by Gasteiger charge is -2.50. The van der Waals surface area contributed by atoms with Crippen LogP contribution >= 0.6 is 0 Å². The summed E-state index contributed by atoms with van der Waals surface area (Å²) in [5, 5.41) is 0. The lowest BCUT2D eigenvalue weighted by Crippen LogP contribution is -2.67. The molecule has 2 heterocycles. The van der Waals surface area contributed by atoms with E-state index in [9.17, 15) is 8.42 Å². The van der Waals surface area contributed by atoms with Gasteiger partial charge in [-0.05, 0) is 25.8 Å². The number of sulfone groups is 1. The van der Waals surface area contributed by atoms with E-state index in [0.29, 0.717) is 32.1 Å². The lowest BCUT2D eigenvalue weighted by molar-refractivity contribution is 0.0292. The second-order valence-electron chi connectivity index (χ2n) is 6.66. The van der Waals surface area contributed by atoms with Crippen LogP contribution in [0.1, 0.15) is 24.5 Å². The third-order valence-electron chi connectivity index (χ3n) is 5.09. The van der Waals surface area contributed by atoms with Gasteiger partial charge in [0.15, 0.2) is 9.84 Å². The molecule has 0 aliphatic carbocycles. The Morgan fingerprint density at radius 2 is 2.14 bits per heavy atom. The molecule has 0 N–H and O–H groups in total. The van der Waals surface area contributed by atoms with Crippen molar-refractivity contribution in [2.45, 2.75) is 31.6 Å². The number of hydrogen-bond donors (Lipinski definition) is 0. The number of hydrogen-bond acceptors (Lipinski definition) is 4. The van der Waals surface area contributed by atoms with Crippen LogP contribution in [0.2, 0.25) is 0 Å². The van der Waals surface area contributed by atoms with Gasteiger partial charge in [0.25, 0.3) is 0 Å². The van der Waals surface area contributed by atoms with Gasteiger partial charge >= 0.3 is 0 Å². The molecule has 22 heavy (non-hydrogen) atoms. The van der Waals surface area contributed by atoms with Crippen LogP contribution in [0.5, 0.6) is 0 Å². The van der Waals surface area contributed by atoms with E-state index in [1.54, 1.807) is 0 Å². The first-order valence-corrected chi connectivity index (χ1v) is 9.70. The van der Waals surface area contributed by atoms with Crippen molar-refractivity contribution in [2.75, 3.05) is 32.1 Å². The summed E-state index contributed by atoms with van der Waals surface area (Å²) in [7, 11) is -2.98. The summed E-state index contributed by atoms with van der Waals surface area (Å²) in [6, 6.07) is 8.43. The zero-order valence-electron chi connectivity index (χ0n) is 13.4. The number of ether oxygens (including phenoxy) is 1. The number of likely N-dealkylation sites (tertiary alicyclic amines) is 1. The fourth-order valence-corrected chi connectivity index (χ4v) is 6.31. The van der Waals surface area contributed by atoms with Crippen LogP contribution in [0.25, 0.3) is 0 Å². The summed E-state index contributed by atoms with van der Waals surface area (Å²) < 4.78 is 30.0. The zero-order chi connectivity index (χ0) is 15.8. The summed E-state index contributed by atoms with van der Waals surface area (Å²) >= 11 is 0. The molecular weight excluding hydrogens is 298 g/mol. The SMILES string of the molecule is CCOC[C@H]1CCS(=O)(=O)C12CN(Cc1cccc(C)c1)C2. The normalized spacial score (nSPS) is 26.2. The fraction of sp³-hybridized carbons (Fsp3) is 0.647. The van der Waals surface area contributed by atoms with E-state index in [0.717, 1.165) is 13.0 Å². The molecule has 0 unspecified atom stereocenters. The van der Waals surface area contributed by atoms with E-state index in [1.165, 1.54) is 11.1 Å². The molecule has 3 rings (SSSR count). The van der Waals surface area contributed by atoms with Gasteiger partial charge in [-0.25, -0.2) is 8.42 Å². The predicted octanol–water partition coefficient (Wildman–Crippen LogP) is 2.02. The first kappa shape index (κ1) is 16.0. The summed E-state index contributed by atoms with van der Waals surface area (Å²) in [4.78, 5) is 2.25. The smallest absolute Gasteiger partial charge is 0.158 e. The fourth-order valence-electron chi connectivity index (χ4n) is 3.86. The van der Waals surface area contributed by atoms with Crippen molar-refractivity contribution in [3.05, 3.63) is 35.4 Å². The van der Waals surface area contributed by atoms with Crippen LogP contribution in [-0.2, 0) is 21.1 Å². The molecule has 1 aromatic rings.